The van der Waals surface area contributed by atoms with Gasteiger partial charge < -0.3 is 9.35 Å². The third-order valence-electron chi connectivity index (χ3n) is 5.63. The monoisotopic (exact) mass is 380 g/mol. The van der Waals surface area contributed by atoms with Gasteiger partial charge in [0.1, 0.15) is 5.71 Å². The number of hydrogen-bond acceptors (Lipinski definition) is 5. The second-order valence-corrected chi connectivity index (χ2v) is 18.0. The van der Waals surface area contributed by atoms with Gasteiger partial charge in [-0.15, -0.1) is 0 Å². The second kappa shape index (κ2) is 8.16. The van der Waals surface area contributed by atoms with Crippen molar-refractivity contribution in [3.8, 4) is 0 Å². The Morgan fingerprint density at radius 2 is 1.36 bits per heavy atom. The summed E-state index contributed by atoms with van der Waals surface area (Å²) in [5.41, 5.74) is 1.41. The molecule has 25 heavy (non-hydrogen) atoms. The lowest BCUT2D eigenvalue weighted by Gasteiger charge is -2.40. The SMILES string of the molecule is CCC(=O)C(=NN1CCCC[Si]1(C)C)C(C)=NN1CCCC[Si]1(C)C. The molecule has 2 rings (SSSR count). The Bertz CT molecular complexity index is 557. The quantitative estimate of drug-likeness (QED) is 0.528. The number of nitrogens with zero attached hydrogens (tertiary/aromatic N) is 4. The molecule has 5 nitrogen and oxygen atoms in total. The second-order valence-electron chi connectivity index (χ2n) is 8.70. The number of rotatable bonds is 5. The molecule has 0 aromatic heterocycles. The first-order valence-electron chi connectivity index (χ1n) is 9.90. The van der Waals surface area contributed by atoms with Gasteiger partial charge in [0, 0.05) is 19.5 Å². The molecule has 7 heteroatoms. The highest BCUT2D eigenvalue weighted by atomic mass is 28.3. The van der Waals surface area contributed by atoms with Crippen molar-refractivity contribution >= 4 is 33.7 Å². The van der Waals surface area contributed by atoms with Crippen LogP contribution in [0.4, 0.5) is 0 Å². The number of ketones is 1. The first-order valence-corrected chi connectivity index (χ1v) is 16.2. The minimum atomic E-state index is -1.53. The highest BCUT2D eigenvalue weighted by molar-refractivity contribution is 6.76. The maximum Gasteiger partial charge on any atom is 0.184 e. The van der Waals surface area contributed by atoms with Crippen LogP contribution in [0.2, 0.25) is 38.3 Å². The summed E-state index contributed by atoms with van der Waals surface area (Å²) in [7, 11) is -3.01. The number of carbonyl (C=O) groups is 1. The van der Waals surface area contributed by atoms with Crippen molar-refractivity contribution in [2.45, 2.75) is 84.2 Å². The number of carbonyl (C=O) groups excluding carboxylic acids is 1. The van der Waals surface area contributed by atoms with Crippen molar-refractivity contribution in [2.75, 3.05) is 13.1 Å². The summed E-state index contributed by atoms with van der Waals surface area (Å²) in [6.07, 6.45) is 5.47. The minimum Gasteiger partial charge on any atom is -0.324 e. The molecule has 2 saturated heterocycles. The molecule has 0 aromatic carbocycles. The number of Topliss-reactive ketones (excluding diaryl/α,β-unsaturated/α-hetero) is 1. The van der Waals surface area contributed by atoms with E-state index < -0.39 is 16.5 Å². The molecule has 2 aliphatic rings. The molecular weight excluding hydrogens is 344 g/mol. The van der Waals surface area contributed by atoms with Crippen LogP contribution in [0.25, 0.3) is 0 Å². The zero-order valence-corrected chi connectivity index (χ0v) is 19.1. The summed E-state index contributed by atoms with van der Waals surface area (Å²) in [6, 6.07) is 2.54. The summed E-state index contributed by atoms with van der Waals surface area (Å²) < 4.78 is 4.57. The maximum absolute atomic E-state index is 12.6. The molecule has 0 atom stereocenters. The zero-order valence-electron chi connectivity index (χ0n) is 17.1. The third kappa shape index (κ3) is 5.03. The fourth-order valence-electron chi connectivity index (χ4n) is 3.72. The van der Waals surface area contributed by atoms with Crippen molar-refractivity contribution in [1.82, 2.24) is 9.35 Å². The molecule has 0 spiro atoms. The van der Waals surface area contributed by atoms with E-state index in [1.165, 1.54) is 37.8 Å². The van der Waals surface area contributed by atoms with Crippen LogP contribution >= 0.6 is 0 Å². The minimum absolute atomic E-state index is 0.119. The normalized spacial score (nSPS) is 24.4. The lowest BCUT2D eigenvalue weighted by molar-refractivity contribution is -0.112. The highest BCUT2D eigenvalue weighted by Gasteiger charge is 2.34. The first-order chi connectivity index (χ1) is 11.7. The Kier molecular flexibility index (Phi) is 6.64. The molecule has 2 aliphatic heterocycles. The predicted octanol–water partition coefficient (Wildman–Crippen LogP) is 4.30. The first kappa shape index (κ1) is 20.4. The van der Waals surface area contributed by atoms with Crippen molar-refractivity contribution in [1.29, 1.82) is 0 Å². The summed E-state index contributed by atoms with van der Waals surface area (Å²) in [6.45, 7) is 15.4. The van der Waals surface area contributed by atoms with E-state index in [-0.39, 0.29) is 5.78 Å². The van der Waals surface area contributed by atoms with Crippen LogP contribution in [-0.4, -0.2) is 56.1 Å². The topological polar surface area (TPSA) is 48.3 Å². The van der Waals surface area contributed by atoms with E-state index in [1.807, 2.05) is 13.8 Å². The van der Waals surface area contributed by atoms with Gasteiger partial charge in [-0.05, 0) is 31.9 Å². The van der Waals surface area contributed by atoms with Crippen LogP contribution < -0.4 is 0 Å². The van der Waals surface area contributed by atoms with Gasteiger partial charge in [0.15, 0.2) is 22.3 Å². The number of hydrazone groups is 2. The molecule has 0 saturated carbocycles. The third-order valence-corrected chi connectivity index (χ3v) is 12.2. The van der Waals surface area contributed by atoms with Crippen molar-refractivity contribution in [3.63, 3.8) is 0 Å². The molecule has 0 radical (unpaired) electrons. The molecule has 2 heterocycles. The van der Waals surface area contributed by atoms with Crippen LogP contribution in [0.15, 0.2) is 10.2 Å². The fraction of sp³-hybridized carbons (Fsp3) is 0.833. The van der Waals surface area contributed by atoms with Crippen LogP contribution in [0.1, 0.15) is 46.0 Å². The molecule has 0 N–H and O–H groups in total. The molecule has 0 bridgehead atoms. The van der Waals surface area contributed by atoms with Gasteiger partial charge in [0.25, 0.3) is 0 Å². The van der Waals surface area contributed by atoms with Gasteiger partial charge in [-0.3, -0.25) is 4.79 Å². The number of hydrogen-bond donors (Lipinski definition) is 0. The summed E-state index contributed by atoms with van der Waals surface area (Å²) in [5.74, 6) is 0.119. The Labute approximate surface area is 155 Å². The van der Waals surface area contributed by atoms with Crippen LogP contribution in [0.5, 0.6) is 0 Å². The van der Waals surface area contributed by atoms with E-state index in [2.05, 4.69) is 35.5 Å². The van der Waals surface area contributed by atoms with Gasteiger partial charge in [0.2, 0.25) is 0 Å². The van der Waals surface area contributed by atoms with Crippen molar-refractivity contribution in [3.05, 3.63) is 0 Å². The van der Waals surface area contributed by atoms with Crippen LogP contribution in [0.3, 0.4) is 0 Å². The largest absolute Gasteiger partial charge is 0.324 e. The molecule has 0 amide bonds. The van der Waals surface area contributed by atoms with Crippen molar-refractivity contribution < 1.29 is 4.79 Å². The molecule has 0 unspecified atom stereocenters. The Hall–Kier alpha value is -0.956. The molecule has 0 aromatic rings. The van der Waals surface area contributed by atoms with E-state index in [9.17, 15) is 4.79 Å². The Morgan fingerprint density at radius 1 is 0.880 bits per heavy atom. The lowest BCUT2D eigenvalue weighted by atomic mass is 10.1. The summed E-state index contributed by atoms with van der Waals surface area (Å²) in [4.78, 5) is 12.6. The van der Waals surface area contributed by atoms with Gasteiger partial charge in [-0.1, -0.05) is 46.0 Å². The van der Waals surface area contributed by atoms with E-state index in [4.69, 9.17) is 10.2 Å². The van der Waals surface area contributed by atoms with Gasteiger partial charge >= 0.3 is 0 Å². The van der Waals surface area contributed by atoms with Gasteiger partial charge in [0.05, 0.1) is 5.71 Å². The van der Waals surface area contributed by atoms with Crippen molar-refractivity contribution in [2.24, 2.45) is 10.2 Å². The lowest BCUT2D eigenvalue weighted by Crippen LogP contribution is -2.50. The van der Waals surface area contributed by atoms with E-state index in [0.29, 0.717) is 12.1 Å². The zero-order chi connectivity index (χ0) is 18.7. The van der Waals surface area contributed by atoms with E-state index >= 15 is 0 Å². The van der Waals surface area contributed by atoms with Gasteiger partial charge in [-0.25, -0.2) is 0 Å². The maximum atomic E-state index is 12.6. The molecule has 2 fully saturated rings. The van der Waals surface area contributed by atoms with Crippen LogP contribution in [-0.2, 0) is 4.79 Å². The summed E-state index contributed by atoms with van der Waals surface area (Å²) >= 11 is 0. The fourth-order valence-corrected chi connectivity index (χ4v) is 8.78. The predicted molar refractivity (Wildman–Crippen MR) is 112 cm³/mol. The molecule has 142 valence electrons. The van der Waals surface area contributed by atoms with E-state index in [1.54, 1.807) is 0 Å². The molecule has 0 aliphatic carbocycles. The average Bonchev–Trinajstić information content (AvgIpc) is 2.54. The van der Waals surface area contributed by atoms with Crippen LogP contribution in [0, 0.1) is 0 Å². The summed E-state index contributed by atoms with van der Waals surface area (Å²) in [5, 5.41) is 9.81. The van der Waals surface area contributed by atoms with Gasteiger partial charge in [-0.2, -0.15) is 10.2 Å². The average molecular weight is 381 g/mol. The molecular formula is C18H36N4OSi2. The Balaban J connectivity index is 2.31. The standard InChI is InChI=1S/C18H36N4OSi2/c1-7-17(23)18(20-22-13-9-11-15-25(22,5)6)16(2)19-21-12-8-10-14-24(21,3)4/h7-15H2,1-6H3. The Morgan fingerprint density at radius 3 is 1.80 bits per heavy atom. The smallest absolute Gasteiger partial charge is 0.184 e. The highest BCUT2D eigenvalue weighted by Crippen LogP contribution is 2.26. The van der Waals surface area contributed by atoms with E-state index in [0.717, 1.165) is 18.8 Å².